The fourth-order valence-electron chi connectivity index (χ4n) is 5.26. The van der Waals surface area contributed by atoms with Crippen molar-refractivity contribution in [3.63, 3.8) is 0 Å². The van der Waals surface area contributed by atoms with E-state index >= 15 is 0 Å². The summed E-state index contributed by atoms with van der Waals surface area (Å²) in [5.41, 5.74) is 5.75. The first kappa shape index (κ1) is 29.0. The van der Waals surface area contributed by atoms with E-state index in [0.29, 0.717) is 11.0 Å². The second-order valence-electron chi connectivity index (χ2n) is 10.2. The van der Waals surface area contributed by atoms with Crippen LogP contribution in [0, 0.1) is 0 Å². The molecule has 0 saturated carbocycles. The molecule has 1 atom stereocenters. The van der Waals surface area contributed by atoms with Crippen molar-refractivity contribution in [2.75, 3.05) is 25.5 Å². The van der Waals surface area contributed by atoms with Crippen LogP contribution in [0.25, 0.3) is 11.1 Å². The second-order valence-corrected chi connectivity index (χ2v) is 11.1. The fraction of sp³-hybridized carbons (Fsp3) is 0.182. The quantitative estimate of drug-likeness (QED) is 0.195. The Morgan fingerprint density at radius 2 is 1.52 bits per heavy atom. The van der Waals surface area contributed by atoms with E-state index in [-0.39, 0.29) is 30.3 Å². The number of hydrogen-bond donors (Lipinski definition) is 3. The Kier molecular flexibility index (Phi) is 9.00. The first-order valence-corrected chi connectivity index (χ1v) is 14.3. The number of benzene rings is 4. The number of carboxylic acid groups (broad SMARTS) is 1. The smallest absolute Gasteiger partial charge is 0.411 e. The van der Waals surface area contributed by atoms with Gasteiger partial charge in [-0.1, -0.05) is 94.8 Å². The van der Waals surface area contributed by atoms with Crippen LogP contribution in [0.15, 0.2) is 102 Å². The van der Waals surface area contributed by atoms with Crippen molar-refractivity contribution >= 4 is 39.6 Å². The van der Waals surface area contributed by atoms with Crippen molar-refractivity contribution in [2.24, 2.45) is 0 Å². The number of carbonyl (C=O) groups excluding carboxylic acids is 2. The molecule has 42 heavy (non-hydrogen) atoms. The third kappa shape index (κ3) is 6.70. The molecule has 0 bridgehead atoms. The summed E-state index contributed by atoms with van der Waals surface area (Å²) in [6, 6.07) is 29.3. The van der Waals surface area contributed by atoms with Gasteiger partial charge >= 0.3 is 12.1 Å². The molecule has 4 aromatic carbocycles. The highest BCUT2D eigenvalue weighted by molar-refractivity contribution is 9.10. The zero-order valence-corrected chi connectivity index (χ0v) is 24.5. The van der Waals surface area contributed by atoms with Crippen molar-refractivity contribution < 1.29 is 24.2 Å². The molecule has 3 N–H and O–H groups in total. The predicted molar refractivity (Wildman–Crippen MR) is 164 cm³/mol. The van der Waals surface area contributed by atoms with Crippen molar-refractivity contribution in [1.29, 1.82) is 0 Å². The Balaban J connectivity index is 1.25. The SMILES string of the molecule is CN(Cc1ccccc1)CC(NC(=O)c1ccc(Br)cc1NC(=O)OCC1c2ccccc2-c2ccccc21)C(=O)O. The van der Waals surface area contributed by atoms with Crippen LogP contribution in [0.1, 0.15) is 33.0 Å². The number of amides is 2. The Morgan fingerprint density at radius 1 is 0.905 bits per heavy atom. The van der Waals surface area contributed by atoms with Gasteiger partial charge in [0.2, 0.25) is 0 Å². The first-order chi connectivity index (χ1) is 20.3. The normalized spacial score (nSPS) is 12.7. The largest absolute Gasteiger partial charge is 0.480 e. The van der Waals surface area contributed by atoms with E-state index in [1.807, 2.05) is 71.6 Å². The molecule has 0 saturated heterocycles. The number of likely N-dealkylation sites (N-methyl/N-ethyl adjacent to an activating group) is 1. The molecule has 0 aliphatic heterocycles. The predicted octanol–water partition coefficient (Wildman–Crippen LogP) is 6.13. The topological polar surface area (TPSA) is 108 Å². The molecule has 1 aliphatic carbocycles. The molecule has 1 aliphatic rings. The fourth-order valence-corrected chi connectivity index (χ4v) is 5.62. The average molecular weight is 629 g/mol. The van der Waals surface area contributed by atoms with E-state index < -0.39 is 24.0 Å². The number of rotatable bonds is 10. The summed E-state index contributed by atoms with van der Waals surface area (Å²) in [7, 11) is 1.79. The van der Waals surface area contributed by atoms with Crippen LogP contribution < -0.4 is 10.6 Å². The van der Waals surface area contributed by atoms with Gasteiger partial charge in [-0.05, 0) is 53.1 Å². The van der Waals surface area contributed by atoms with Crippen LogP contribution in [-0.4, -0.2) is 54.2 Å². The monoisotopic (exact) mass is 627 g/mol. The molecular weight excluding hydrogens is 598 g/mol. The summed E-state index contributed by atoms with van der Waals surface area (Å²) in [5.74, 6) is -1.90. The minimum absolute atomic E-state index is 0.0850. The number of nitrogens with one attached hydrogen (secondary N) is 2. The van der Waals surface area contributed by atoms with Crippen LogP contribution in [0.3, 0.4) is 0 Å². The molecule has 5 rings (SSSR count). The lowest BCUT2D eigenvalue weighted by Gasteiger charge is -2.23. The number of carboxylic acids is 1. The van der Waals surface area contributed by atoms with E-state index in [9.17, 15) is 19.5 Å². The highest BCUT2D eigenvalue weighted by atomic mass is 79.9. The Bertz CT molecular complexity index is 1570. The van der Waals surface area contributed by atoms with Gasteiger partial charge in [0, 0.05) is 23.5 Å². The van der Waals surface area contributed by atoms with Gasteiger partial charge in [0.1, 0.15) is 12.6 Å². The van der Waals surface area contributed by atoms with E-state index in [4.69, 9.17) is 4.74 Å². The number of aliphatic carboxylic acids is 1. The standard InChI is InChI=1S/C33H30BrN3O5/c1-37(18-21-9-3-2-4-10-21)19-30(32(39)40)35-31(38)27-16-15-22(34)17-29(27)36-33(41)42-20-28-25-13-7-5-11-23(25)24-12-6-8-14-26(24)28/h2-17,28,30H,18-20H2,1H3,(H,35,38)(H,36,41)(H,39,40). The molecule has 1 unspecified atom stereocenters. The van der Waals surface area contributed by atoms with Gasteiger partial charge in [0.05, 0.1) is 11.3 Å². The molecule has 4 aromatic rings. The van der Waals surface area contributed by atoms with Gasteiger partial charge in [-0.15, -0.1) is 0 Å². The maximum absolute atomic E-state index is 13.3. The van der Waals surface area contributed by atoms with Crippen molar-refractivity contribution in [1.82, 2.24) is 10.2 Å². The lowest BCUT2D eigenvalue weighted by molar-refractivity contribution is -0.139. The van der Waals surface area contributed by atoms with Gasteiger partial charge in [-0.25, -0.2) is 9.59 Å². The average Bonchev–Trinajstić information content (AvgIpc) is 3.30. The van der Waals surface area contributed by atoms with Crippen LogP contribution in [0.5, 0.6) is 0 Å². The summed E-state index contributed by atoms with van der Waals surface area (Å²) in [5, 5.41) is 15.1. The third-order valence-corrected chi connectivity index (χ3v) is 7.69. The van der Waals surface area contributed by atoms with Gasteiger partial charge in [0.15, 0.2) is 0 Å². The van der Waals surface area contributed by atoms with E-state index in [1.54, 1.807) is 19.2 Å². The number of hydrogen-bond acceptors (Lipinski definition) is 5. The number of halogens is 1. The first-order valence-electron chi connectivity index (χ1n) is 13.5. The molecule has 9 heteroatoms. The van der Waals surface area contributed by atoms with E-state index in [1.165, 1.54) is 6.07 Å². The van der Waals surface area contributed by atoms with Crippen LogP contribution in [-0.2, 0) is 16.1 Å². The number of ether oxygens (including phenoxy) is 1. The second kappa shape index (κ2) is 13.0. The minimum atomic E-state index is -1.17. The Hall–Kier alpha value is -4.47. The Morgan fingerprint density at radius 3 is 2.17 bits per heavy atom. The molecule has 214 valence electrons. The maximum atomic E-state index is 13.3. The molecule has 8 nitrogen and oxygen atoms in total. The molecule has 0 fully saturated rings. The number of carbonyl (C=O) groups is 3. The van der Waals surface area contributed by atoms with Crippen LogP contribution >= 0.6 is 15.9 Å². The lowest BCUT2D eigenvalue weighted by atomic mass is 9.98. The van der Waals surface area contributed by atoms with Crippen molar-refractivity contribution in [3.8, 4) is 11.1 Å². The summed E-state index contributed by atoms with van der Waals surface area (Å²) in [6.45, 7) is 0.721. The Labute approximate surface area is 252 Å². The van der Waals surface area contributed by atoms with Crippen LogP contribution in [0.2, 0.25) is 0 Å². The van der Waals surface area contributed by atoms with Gasteiger partial charge in [-0.3, -0.25) is 15.0 Å². The highest BCUT2D eigenvalue weighted by Gasteiger charge is 2.29. The maximum Gasteiger partial charge on any atom is 0.411 e. The highest BCUT2D eigenvalue weighted by Crippen LogP contribution is 2.44. The number of nitrogens with zero attached hydrogens (tertiary/aromatic N) is 1. The summed E-state index contributed by atoms with van der Waals surface area (Å²) >= 11 is 3.38. The van der Waals surface area contributed by atoms with Gasteiger partial charge in [0.25, 0.3) is 5.91 Å². The molecule has 2 amide bonds. The van der Waals surface area contributed by atoms with E-state index in [2.05, 4.69) is 38.7 Å². The summed E-state index contributed by atoms with van der Waals surface area (Å²) in [6.07, 6.45) is -0.721. The zero-order chi connectivity index (χ0) is 29.6. The minimum Gasteiger partial charge on any atom is -0.480 e. The van der Waals surface area contributed by atoms with Crippen molar-refractivity contribution in [3.05, 3.63) is 124 Å². The van der Waals surface area contributed by atoms with E-state index in [0.717, 1.165) is 27.8 Å². The van der Waals surface area contributed by atoms with Gasteiger partial charge < -0.3 is 15.2 Å². The molecule has 0 spiro atoms. The molecular formula is C33H30BrN3O5. The van der Waals surface area contributed by atoms with Crippen LogP contribution in [0.4, 0.5) is 10.5 Å². The molecule has 0 radical (unpaired) electrons. The van der Waals surface area contributed by atoms with Crippen molar-refractivity contribution in [2.45, 2.75) is 18.5 Å². The summed E-state index contributed by atoms with van der Waals surface area (Å²) < 4.78 is 6.28. The molecule has 0 aromatic heterocycles. The number of anilines is 1. The third-order valence-electron chi connectivity index (χ3n) is 7.20. The summed E-state index contributed by atoms with van der Waals surface area (Å²) in [4.78, 5) is 40.0. The number of fused-ring (bicyclic) bond motifs is 3. The van der Waals surface area contributed by atoms with Gasteiger partial charge in [-0.2, -0.15) is 0 Å². The zero-order valence-electron chi connectivity index (χ0n) is 22.9. The molecule has 0 heterocycles. The lowest BCUT2D eigenvalue weighted by Crippen LogP contribution is -2.47.